The van der Waals surface area contributed by atoms with Crippen molar-refractivity contribution in [3.63, 3.8) is 0 Å². The summed E-state index contributed by atoms with van der Waals surface area (Å²) in [5.74, 6) is 2.76. The standard InChI is InChI=1S/C9H7N.C9H8.C8H7N.C8H8O.C7H6O2/c1-2-6-9-8(4-1)5-3-7-10-9;1-2-5-9-7-3-6-8(9)4-1;2*1-2-4-8-7(3-1)5-6-9-8;1-2-4-7-6(3-1)8-5-9-7/h1-7H;1-6H,7H2;1-4,6H,5H2;1-4H,5-6H2;1-4H,5H2. The van der Waals surface area contributed by atoms with Crippen LogP contribution >= 0.6 is 0 Å². The zero-order chi connectivity index (χ0) is 31.2. The highest BCUT2D eigenvalue weighted by Crippen LogP contribution is 2.30. The summed E-state index contributed by atoms with van der Waals surface area (Å²) in [6.07, 6.45) is 11.3. The molecule has 0 radical (unpaired) electrons. The zero-order valence-electron chi connectivity index (χ0n) is 25.7. The fourth-order valence-corrected chi connectivity index (χ4v) is 5.23. The quantitative estimate of drug-likeness (QED) is 0.173. The van der Waals surface area contributed by atoms with Gasteiger partial charge in [0.2, 0.25) is 6.79 Å². The SMILES string of the molecule is C1=Cc2ccccc2C1.C1=Nc2ccccc2C1.c1ccc2c(c1)CCO2.c1ccc2c(c1)OCO2.c1ccc2ncccc2c1. The van der Waals surface area contributed by atoms with E-state index in [1.165, 1.54) is 27.6 Å². The second-order valence-electron chi connectivity index (χ2n) is 10.7. The molecule has 5 nitrogen and oxygen atoms in total. The van der Waals surface area contributed by atoms with Crippen LogP contribution in [0.25, 0.3) is 17.0 Å². The molecule has 3 aliphatic heterocycles. The Hall–Kier alpha value is -5.68. The van der Waals surface area contributed by atoms with Crippen molar-refractivity contribution in [3.8, 4) is 17.2 Å². The molecule has 10 rings (SSSR count). The lowest BCUT2D eigenvalue weighted by Gasteiger charge is -1.93. The molecule has 0 amide bonds. The van der Waals surface area contributed by atoms with Gasteiger partial charge in [0.25, 0.3) is 0 Å². The normalized spacial score (nSPS) is 13.1. The third-order valence-electron chi connectivity index (χ3n) is 7.62. The molecule has 0 bridgehead atoms. The molecule has 0 fully saturated rings. The highest BCUT2D eigenvalue weighted by atomic mass is 16.7. The van der Waals surface area contributed by atoms with Crippen LogP contribution < -0.4 is 14.2 Å². The van der Waals surface area contributed by atoms with Crippen LogP contribution in [0.15, 0.2) is 151 Å². The number of ether oxygens (including phenoxy) is 3. The van der Waals surface area contributed by atoms with Gasteiger partial charge in [0.05, 0.1) is 17.8 Å². The van der Waals surface area contributed by atoms with E-state index in [0.29, 0.717) is 6.79 Å². The lowest BCUT2D eigenvalue weighted by molar-refractivity contribution is 0.174. The smallest absolute Gasteiger partial charge is 0.231 e. The van der Waals surface area contributed by atoms with E-state index in [9.17, 15) is 0 Å². The summed E-state index contributed by atoms with van der Waals surface area (Å²) in [6.45, 7) is 1.22. The number of para-hydroxylation sites is 5. The molecular weight excluding hydrogens is 568 g/mol. The van der Waals surface area contributed by atoms with Crippen molar-refractivity contribution in [1.29, 1.82) is 0 Å². The van der Waals surface area contributed by atoms with Crippen molar-refractivity contribution >= 4 is 28.9 Å². The fourth-order valence-electron chi connectivity index (χ4n) is 5.23. The van der Waals surface area contributed by atoms with E-state index in [4.69, 9.17) is 14.2 Å². The van der Waals surface area contributed by atoms with Gasteiger partial charge in [0.1, 0.15) is 5.75 Å². The Bertz CT molecular complexity index is 1700. The number of nitrogens with zero attached hydrogens (tertiary/aromatic N) is 2. The number of allylic oxidation sites excluding steroid dienone is 1. The lowest BCUT2D eigenvalue weighted by Crippen LogP contribution is -1.92. The molecular formula is C41H36N2O3. The van der Waals surface area contributed by atoms with Crippen molar-refractivity contribution in [3.05, 3.63) is 168 Å². The summed E-state index contributed by atoms with van der Waals surface area (Å²) in [5.41, 5.74) is 7.73. The largest absolute Gasteiger partial charge is 0.493 e. The topological polar surface area (TPSA) is 52.9 Å². The van der Waals surface area contributed by atoms with Gasteiger partial charge in [-0.05, 0) is 65.1 Å². The number of aromatic nitrogens is 1. The van der Waals surface area contributed by atoms with Gasteiger partial charge in [0.15, 0.2) is 11.5 Å². The second kappa shape index (κ2) is 15.9. The Labute approximate surface area is 270 Å². The predicted molar refractivity (Wildman–Crippen MR) is 187 cm³/mol. The Morgan fingerprint density at radius 2 is 1.17 bits per heavy atom. The van der Waals surface area contributed by atoms with Gasteiger partial charge in [-0.25, -0.2) is 0 Å². The molecule has 0 N–H and O–H groups in total. The average molecular weight is 605 g/mol. The first-order valence-electron chi connectivity index (χ1n) is 15.5. The molecule has 5 heteroatoms. The van der Waals surface area contributed by atoms with E-state index in [0.717, 1.165) is 54.3 Å². The molecule has 228 valence electrons. The van der Waals surface area contributed by atoms with Crippen LogP contribution in [0, 0.1) is 0 Å². The van der Waals surface area contributed by atoms with Gasteiger partial charge in [0, 0.05) is 30.6 Å². The molecule has 6 aromatic rings. The van der Waals surface area contributed by atoms with Gasteiger partial charge < -0.3 is 14.2 Å². The number of pyridine rings is 1. The Morgan fingerprint density at radius 3 is 1.93 bits per heavy atom. The highest BCUT2D eigenvalue weighted by molar-refractivity contribution is 5.77. The van der Waals surface area contributed by atoms with Crippen molar-refractivity contribution in [2.45, 2.75) is 19.3 Å². The summed E-state index contributed by atoms with van der Waals surface area (Å²) >= 11 is 0. The number of hydrogen-bond donors (Lipinski definition) is 0. The van der Waals surface area contributed by atoms with E-state index in [1.807, 2.05) is 97.3 Å². The van der Waals surface area contributed by atoms with Crippen LogP contribution in [0.4, 0.5) is 5.69 Å². The second-order valence-corrected chi connectivity index (χ2v) is 10.7. The maximum Gasteiger partial charge on any atom is 0.231 e. The van der Waals surface area contributed by atoms with E-state index in [1.54, 1.807) is 0 Å². The number of aliphatic imine (C=N–C) groups is 1. The molecule has 0 spiro atoms. The minimum atomic E-state index is 0.360. The third-order valence-corrected chi connectivity index (χ3v) is 7.62. The van der Waals surface area contributed by atoms with Crippen LogP contribution in [0.1, 0.15) is 22.3 Å². The summed E-state index contributed by atoms with van der Waals surface area (Å²) < 4.78 is 15.5. The molecule has 4 heterocycles. The van der Waals surface area contributed by atoms with E-state index in [2.05, 4.69) is 70.7 Å². The van der Waals surface area contributed by atoms with Crippen LogP contribution in [-0.4, -0.2) is 24.6 Å². The summed E-state index contributed by atoms with van der Waals surface area (Å²) in [7, 11) is 0. The van der Waals surface area contributed by atoms with Gasteiger partial charge >= 0.3 is 0 Å². The maximum atomic E-state index is 5.30. The maximum absolute atomic E-state index is 5.30. The molecule has 0 atom stereocenters. The van der Waals surface area contributed by atoms with Crippen LogP contribution in [0.3, 0.4) is 0 Å². The van der Waals surface area contributed by atoms with Gasteiger partial charge in [-0.1, -0.05) is 109 Å². The zero-order valence-corrected chi connectivity index (χ0v) is 25.7. The lowest BCUT2D eigenvalue weighted by atomic mass is 10.1. The minimum absolute atomic E-state index is 0.360. The van der Waals surface area contributed by atoms with Crippen molar-refractivity contribution < 1.29 is 14.2 Å². The molecule has 5 aromatic carbocycles. The fraction of sp³-hybridized carbons (Fsp3) is 0.122. The van der Waals surface area contributed by atoms with Crippen molar-refractivity contribution in [2.75, 3.05) is 13.4 Å². The molecule has 0 unspecified atom stereocenters. The molecule has 0 saturated heterocycles. The average Bonchev–Trinajstić information content (AvgIpc) is 3.96. The van der Waals surface area contributed by atoms with Gasteiger partial charge in [-0.2, -0.15) is 0 Å². The first-order valence-corrected chi connectivity index (χ1v) is 15.5. The van der Waals surface area contributed by atoms with E-state index in [-0.39, 0.29) is 0 Å². The first kappa shape index (κ1) is 30.4. The third kappa shape index (κ3) is 8.27. The molecule has 1 aromatic heterocycles. The van der Waals surface area contributed by atoms with Crippen molar-refractivity contribution in [2.24, 2.45) is 4.99 Å². The Morgan fingerprint density at radius 1 is 0.522 bits per heavy atom. The number of hydrogen-bond acceptors (Lipinski definition) is 5. The van der Waals surface area contributed by atoms with Crippen LogP contribution in [0.5, 0.6) is 17.2 Å². The Kier molecular flexibility index (Phi) is 10.5. The monoisotopic (exact) mass is 604 g/mol. The summed E-state index contributed by atoms with van der Waals surface area (Å²) in [5, 5.41) is 1.20. The van der Waals surface area contributed by atoms with Gasteiger partial charge in [-0.3, -0.25) is 9.98 Å². The van der Waals surface area contributed by atoms with Gasteiger partial charge in [-0.15, -0.1) is 0 Å². The molecule has 0 saturated carbocycles. The number of rotatable bonds is 0. The van der Waals surface area contributed by atoms with E-state index >= 15 is 0 Å². The van der Waals surface area contributed by atoms with Crippen LogP contribution in [-0.2, 0) is 19.3 Å². The number of fused-ring (bicyclic) bond motifs is 5. The Balaban J connectivity index is 0.000000101. The molecule has 4 aliphatic rings. The van der Waals surface area contributed by atoms with Crippen molar-refractivity contribution in [1.82, 2.24) is 4.98 Å². The minimum Gasteiger partial charge on any atom is -0.493 e. The van der Waals surface area contributed by atoms with E-state index < -0.39 is 0 Å². The molecule has 1 aliphatic carbocycles. The van der Waals surface area contributed by atoms with Crippen LogP contribution in [0.2, 0.25) is 0 Å². The summed E-state index contributed by atoms with van der Waals surface area (Å²) in [6, 6.07) is 44.6. The number of benzene rings is 5. The predicted octanol–water partition coefficient (Wildman–Crippen LogP) is 9.47. The molecule has 46 heavy (non-hydrogen) atoms. The summed E-state index contributed by atoms with van der Waals surface area (Å²) in [4.78, 5) is 8.36. The first-order chi connectivity index (χ1) is 22.8. The highest BCUT2D eigenvalue weighted by Gasteiger charge is 2.10.